The van der Waals surface area contributed by atoms with E-state index < -0.39 is 8.32 Å². The monoisotopic (exact) mass is 309 g/mol. The number of aromatic nitrogens is 1. The maximum absolute atomic E-state index is 11.0. The standard InChI is InChI=1S/C16H27NO3Si/c1-12(20-13(2)18)15-10-8-9-14(17-15)11-19-21(6,7)16(3,4)5/h8-10,12H,11H2,1-7H3/t12-/m1/s1. The smallest absolute Gasteiger partial charge is 0.303 e. The van der Waals surface area contributed by atoms with Crippen molar-refractivity contribution in [2.75, 3.05) is 0 Å². The van der Waals surface area contributed by atoms with E-state index in [0.29, 0.717) is 6.61 Å². The summed E-state index contributed by atoms with van der Waals surface area (Å²) in [7, 11) is -1.78. The highest BCUT2D eigenvalue weighted by molar-refractivity contribution is 6.74. The molecule has 1 atom stereocenters. The molecule has 1 aromatic rings. The third-order valence-electron chi connectivity index (χ3n) is 3.97. The molecule has 118 valence electrons. The molecule has 1 heterocycles. The third-order valence-corrected chi connectivity index (χ3v) is 8.45. The fourth-order valence-corrected chi connectivity index (χ4v) is 2.53. The van der Waals surface area contributed by atoms with Gasteiger partial charge in [0, 0.05) is 6.92 Å². The Labute approximate surface area is 129 Å². The minimum atomic E-state index is -1.78. The highest BCUT2D eigenvalue weighted by Crippen LogP contribution is 2.37. The first-order valence-corrected chi connectivity index (χ1v) is 10.2. The quantitative estimate of drug-likeness (QED) is 0.603. The van der Waals surface area contributed by atoms with Crippen molar-refractivity contribution in [3.63, 3.8) is 0 Å². The molecular formula is C16H27NO3Si. The number of hydrogen-bond donors (Lipinski definition) is 0. The van der Waals surface area contributed by atoms with Crippen molar-refractivity contribution in [3.8, 4) is 0 Å². The Hall–Kier alpha value is -1.20. The number of hydrogen-bond acceptors (Lipinski definition) is 4. The van der Waals surface area contributed by atoms with Gasteiger partial charge >= 0.3 is 5.97 Å². The number of pyridine rings is 1. The van der Waals surface area contributed by atoms with Gasteiger partial charge in [-0.15, -0.1) is 0 Å². The van der Waals surface area contributed by atoms with E-state index in [1.807, 2.05) is 25.1 Å². The van der Waals surface area contributed by atoms with Crippen LogP contribution in [0.1, 0.15) is 52.1 Å². The molecule has 0 N–H and O–H groups in total. The zero-order chi connectivity index (χ0) is 16.3. The Morgan fingerprint density at radius 1 is 1.33 bits per heavy atom. The fraction of sp³-hybridized carbons (Fsp3) is 0.625. The summed E-state index contributed by atoms with van der Waals surface area (Å²) >= 11 is 0. The molecule has 0 saturated heterocycles. The number of nitrogens with zero attached hydrogens (tertiary/aromatic N) is 1. The van der Waals surface area contributed by atoms with Crippen LogP contribution in [-0.4, -0.2) is 19.3 Å². The maximum Gasteiger partial charge on any atom is 0.303 e. The van der Waals surface area contributed by atoms with Crippen LogP contribution in [0.5, 0.6) is 0 Å². The third kappa shape index (κ3) is 5.25. The number of carbonyl (C=O) groups is 1. The molecule has 0 amide bonds. The first-order chi connectivity index (χ1) is 9.53. The van der Waals surface area contributed by atoms with Gasteiger partial charge in [0.25, 0.3) is 0 Å². The Kier molecular flexibility index (Phi) is 5.70. The maximum atomic E-state index is 11.0. The van der Waals surface area contributed by atoms with Crippen LogP contribution < -0.4 is 0 Å². The van der Waals surface area contributed by atoms with Gasteiger partial charge in [-0.2, -0.15) is 0 Å². The second-order valence-corrected chi connectivity index (χ2v) is 11.7. The van der Waals surface area contributed by atoms with Crippen molar-refractivity contribution < 1.29 is 14.0 Å². The van der Waals surface area contributed by atoms with Crippen LogP contribution in [0.3, 0.4) is 0 Å². The van der Waals surface area contributed by atoms with Crippen LogP contribution in [0.2, 0.25) is 18.1 Å². The minimum absolute atomic E-state index is 0.176. The molecule has 0 aliphatic heterocycles. The highest BCUT2D eigenvalue weighted by Gasteiger charge is 2.37. The molecule has 0 saturated carbocycles. The lowest BCUT2D eigenvalue weighted by molar-refractivity contribution is -0.146. The molecule has 0 unspecified atom stereocenters. The molecule has 4 nitrogen and oxygen atoms in total. The molecule has 1 rings (SSSR count). The van der Waals surface area contributed by atoms with E-state index in [1.54, 1.807) is 0 Å². The number of esters is 1. The van der Waals surface area contributed by atoms with Crippen molar-refractivity contribution in [1.82, 2.24) is 4.98 Å². The fourth-order valence-electron chi connectivity index (χ4n) is 1.59. The summed E-state index contributed by atoms with van der Waals surface area (Å²) in [6.45, 7) is 14.8. The zero-order valence-electron chi connectivity index (χ0n) is 14.2. The van der Waals surface area contributed by atoms with Gasteiger partial charge in [-0.1, -0.05) is 26.8 Å². The molecule has 0 aliphatic carbocycles. The number of carbonyl (C=O) groups excluding carboxylic acids is 1. The summed E-state index contributed by atoms with van der Waals surface area (Å²) in [6, 6.07) is 5.73. The molecule has 0 aromatic carbocycles. The van der Waals surface area contributed by atoms with Gasteiger partial charge in [0.2, 0.25) is 0 Å². The van der Waals surface area contributed by atoms with E-state index in [9.17, 15) is 4.79 Å². The average molecular weight is 309 g/mol. The molecule has 0 spiro atoms. The molecule has 0 fully saturated rings. The lowest BCUT2D eigenvalue weighted by Gasteiger charge is -2.36. The number of ether oxygens (including phenoxy) is 1. The van der Waals surface area contributed by atoms with E-state index in [0.717, 1.165) is 11.4 Å². The Morgan fingerprint density at radius 3 is 2.48 bits per heavy atom. The molecule has 0 radical (unpaired) electrons. The SMILES string of the molecule is CC(=O)O[C@H](C)c1cccc(CO[Si](C)(C)C(C)(C)C)n1. The largest absolute Gasteiger partial charge is 0.456 e. The summed E-state index contributed by atoms with van der Waals surface area (Å²) < 4.78 is 11.3. The van der Waals surface area contributed by atoms with E-state index in [-0.39, 0.29) is 17.1 Å². The summed E-state index contributed by atoms with van der Waals surface area (Å²) in [5.74, 6) is -0.299. The lowest BCUT2D eigenvalue weighted by Crippen LogP contribution is -2.40. The van der Waals surface area contributed by atoms with Crippen LogP contribution in [0.25, 0.3) is 0 Å². The van der Waals surface area contributed by atoms with Gasteiger partial charge in [0.1, 0.15) is 6.10 Å². The van der Waals surface area contributed by atoms with Crippen LogP contribution >= 0.6 is 0 Å². The summed E-state index contributed by atoms with van der Waals surface area (Å²) in [5, 5.41) is 0.176. The first kappa shape index (κ1) is 17.8. The molecule has 5 heteroatoms. The molecule has 1 aromatic heterocycles. The molecule has 0 bridgehead atoms. The molecular weight excluding hydrogens is 282 g/mol. The Balaban J connectivity index is 2.76. The Morgan fingerprint density at radius 2 is 1.95 bits per heavy atom. The summed E-state index contributed by atoms with van der Waals surface area (Å²) in [5.41, 5.74) is 1.62. The van der Waals surface area contributed by atoms with E-state index in [1.165, 1.54) is 6.92 Å². The van der Waals surface area contributed by atoms with Crippen LogP contribution in [-0.2, 0) is 20.6 Å². The van der Waals surface area contributed by atoms with E-state index >= 15 is 0 Å². The van der Waals surface area contributed by atoms with Crippen molar-refractivity contribution in [1.29, 1.82) is 0 Å². The first-order valence-electron chi connectivity index (χ1n) is 7.30. The predicted octanol–water partition coefficient (Wildman–Crippen LogP) is 4.23. The van der Waals surface area contributed by atoms with Crippen LogP contribution in [0, 0.1) is 0 Å². The van der Waals surface area contributed by atoms with E-state index in [4.69, 9.17) is 9.16 Å². The van der Waals surface area contributed by atoms with Crippen molar-refractivity contribution in [2.24, 2.45) is 0 Å². The minimum Gasteiger partial charge on any atom is -0.456 e. The van der Waals surface area contributed by atoms with Crippen LogP contribution in [0.4, 0.5) is 0 Å². The second-order valence-electron chi connectivity index (χ2n) is 6.85. The van der Waals surface area contributed by atoms with Gasteiger partial charge in [0.05, 0.1) is 18.0 Å². The van der Waals surface area contributed by atoms with Crippen molar-refractivity contribution in [2.45, 2.75) is 65.5 Å². The summed E-state index contributed by atoms with van der Waals surface area (Å²) in [6.07, 6.45) is -0.338. The average Bonchev–Trinajstić information content (AvgIpc) is 2.34. The highest BCUT2D eigenvalue weighted by atomic mass is 28.4. The lowest BCUT2D eigenvalue weighted by atomic mass is 10.2. The van der Waals surface area contributed by atoms with Gasteiger partial charge in [-0.25, -0.2) is 0 Å². The molecule has 0 aliphatic rings. The van der Waals surface area contributed by atoms with Gasteiger partial charge < -0.3 is 9.16 Å². The second kappa shape index (κ2) is 6.71. The Bertz CT molecular complexity index is 495. The summed E-state index contributed by atoms with van der Waals surface area (Å²) in [4.78, 5) is 15.5. The predicted molar refractivity (Wildman–Crippen MR) is 86.4 cm³/mol. The van der Waals surface area contributed by atoms with Crippen molar-refractivity contribution >= 4 is 14.3 Å². The number of rotatable bonds is 5. The van der Waals surface area contributed by atoms with Gasteiger partial charge in [0.15, 0.2) is 8.32 Å². The van der Waals surface area contributed by atoms with Gasteiger partial charge in [-0.05, 0) is 37.2 Å². The van der Waals surface area contributed by atoms with Crippen LogP contribution in [0.15, 0.2) is 18.2 Å². The topological polar surface area (TPSA) is 48.4 Å². The molecule has 21 heavy (non-hydrogen) atoms. The zero-order valence-corrected chi connectivity index (χ0v) is 15.2. The van der Waals surface area contributed by atoms with Gasteiger partial charge in [-0.3, -0.25) is 9.78 Å². The van der Waals surface area contributed by atoms with Crippen molar-refractivity contribution in [3.05, 3.63) is 29.6 Å². The van der Waals surface area contributed by atoms with E-state index in [2.05, 4.69) is 38.8 Å². The normalized spacial score (nSPS) is 13.9.